The Bertz CT molecular complexity index is 353. The second kappa shape index (κ2) is 7.73. The fraction of sp³-hybridized carbons (Fsp3) is 0.846. The predicted molar refractivity (Wildman–Crippen MR) is 79.2 cm³/mol. The van der Waals surface area contributed by atoms with Crippen molar-refractivity contribution >= 4 is 23.8 Å². The number of carboxylic acid groups (broad SMARTS) is 1. The second-order valence-corrected chi connectivity index (χ2v) is 5.92. The third-order valence-electron chi connectivity index (χ3n) is 3.81. The van der Waals surface area contributed by atoms with Crippen molar-refractivity contribution in [2.24, 2.45) is 0 Å². The van der Waals surface area contributed by atoms with Gasteiger partial charge in [-0.1, -0.05) is 6.92 Å². The molecule has 3 atom stereocenters. The lowest BCUT2D eigenvalue weighted by Crippen LogP contribution is -2.50. The van der Waals surface area contributed by atoms with Crippen LogP contribution >= 0.6 is 11.8 Å². The minimum atomic E-state index is -0.968. The van der Waals surface area contributed by atoms with Crippen molar-refractivity contribution in [3.63, 3.8) is 0 Å². The van der Waals surface area contributed by atoms with E-state index in [9.17, 15) is 14.7 Å². The molecule has 0 saturated carbocycles. The summed E-state index contributed by atoms with van der Waals surface area (Å²) in [5.74, 6) is -0.123. The van der Waals surface area contributed by atoms with Gasteiger partial charge in [0.1, 0.15) is 6.04 Å². The molecule has 0 spiro atoms. The van der Waals surface area contributed by atoms with E-state index in [2.05, 4.69) is 0 Å². The molecule has 7 heteroatoms. The first-order valence-corrected chi connectivity index (χ1v) is 8.13. The molecule has 0 bridgehead atoms. The van der Waals surface area contributed by atoms with Crippen LogP contribution in [0.2, 0.25) is 0 Å². The molecule has 1 fully saturated rings. The molecule has 2 amide bonds. The topological polar surface area (TPSA) is 70.1 Å². The van der Waals surface area contributed by atoms with Crippen LogP contribution in [0, 0.1) is 0 Å². The van der Waals surface area contributed by atoms with Crippen molar-refractivity contribution in [3.05, 3.63) is 0 Å². The molecule has 1 heterocycles. The summed E-state index contributed by atoms with van der Waals surface area (Å²) in [6, 6.07) is -0.895. The summed E-state index contributed by atoms with van der Waals surface area (Å²) in [6.07, 6.45) is 3.00. The van der Waals surface area contributed by atoms with E-state index in [4.69, 9.17) is 4.74 Å². The molecule has 20 heavy (non-hydrogen) atoms. The maximum absolute atomic E-state index is 12.5. The largest absolute Gasteiger partial charge is 0.480 e. The second-order valence-electron chi connectivity index (χ2n) is 5.01. The number of carboxylic acids is 1. The molecular weight excluding hydrogens is 280 g/mol. The van der Waals surface area contributed by atoms with Crippen LogP contribution in [0.4, 0.5) is 4.79 Å². The molecular formula is C13H24N2O4S. The lowest BCUT2D eigenvalue weighted by Gasteiger charge is -2.32. The Balaban J connectivity index is 2.80. The average molecular weight is 304 g/mol. The molecule has 1 aliphatic heterocycles. The summed E-state index contributed by atoms with van der Waals surface area (Å²) < 4.78 is 5.21. The maximum atomic E-state index is 12.5. The minimum Gasteiger partial charge on any atom is -0.480 e. The average Bonchev–Trinajstić information content (AvgIpc) is 2.87. The Hall–Kier alpha value is -0.950. The highest BCUT2D eigenvalue weighted by molar-refractivity contribution is 7.98. The van der Waals surface area contributed by atoms with Gasteiger partial charge in [0, 0.05) is 38.9 Å². The van der Waals surface area contributed by atoms with E-state index >= 15 is 0 Å². The molecule has 1 N–H and O–H groups in total. The standard InChI is InChI=1S/C13H24N2O4S/c1-5-9(8-20-4)14(2)13(18)15-7-10(19-3)6-11(15)12(16)17/h9-11H,5-8H2,1-4H3,(H,16,17). The molecule has 116 valence electrons. The maximum Gasteiger partial charge on any atom is 0.326 e. The molecule has 1 saturated heterocycles. The monoisotopic (exact) mass is 304 g/mol. The van der Waals surface area contributed by atoms with E-state index < -0.39 is 12.0 Å². The van der Waals surface area contributed by atoms with Gasteiger partial charge < -0.3 is 19.6 Å². The quantitative estimate of drug-likeness (QED) is 0.802. The highest BCUT2D eigenvalue weighted by atomic mass is 32.2. The number of likely N-dealkylation sites (tertiary alicyclic amines) is 1. The number of rotatable bonds is 6. The van der Waals surface area contributed by atoms with Crippen LogP contribution in [-0.2, 0) is 9.53 Å². The van der Waals surface area contributed by atoms with E-state index in [1.807, 2.05) is 13.2 Å². The molecule has 0 radical (unpaired) electrons. The number of amides is 2. The van der Waals surface area contributed by atoms with Crippen molar-refractivity contribution in [1.82, 2.24) is 9.80 Å². The summed E-state index contributed by atoms with van der Waals surface area (Å²) in [5.41, 5.74) is 0. The van der Waals surface area contributed by atoms with Crippen LogP contribution in [0.1, 0.15) is 19.8 Å². The van der Waals surface area contributed by atoms with E-state index in [-0.39, 0.29) is 18.2 Å². The Labute approximate surface area is 124 Å². The van der Waals surface area contributed by atoms with Crippen LogP contribution < -0.4 is 0 Å². The first-order chi connectivity index (χ1) is 9.46. The number of hydrogen-bond donors (Lipinski definition) is 1. The molecule has 0 aromatic carbocycles. The van der Waals surface area contributed by atoms with Crippen LogP contribution in [0.15, 0.2) is 0 Å². The van der Waals surface area contributed by atoms with Crippen LogP contribution in [-0.4, -0.2) is 77.8 Å². The number of urea groups is 1. The summed E-state index contributed by atoms with van der Waals surface area (Å²) in [6.45, 7) is 2.37. The zero-order chi connectivity index (χ0) is 15.3. The van der Waals surface area contributed by atoms with Gasteiger partial charge in [0.2, 0.25) is 0 Å². The van der Waals surface area contributed by atoms with E-state index in [1.54, 1.807) is 30.8 Å². The molecule has 1 rings (SSSR count). The third-order valence-corrected chi connectivity index (χ3v) is 4.52. The van der Waals surface area contributed by atoms with Gasteiger partial charge in [0.25, 0.3) is 0 Å². The summed E-state index contributed by atoms with van der Waals surface area (Å²) in [4.78, 5) is 26.9. The van der Waals surface area contributed by atoms with Crippen LogP contribution in [0.25, 0.3) is 0 Å². The molecule has 3 unspecified atom stereocenters. The Morgan fingerprint density at radius 1 is 1.55 bits per heavy atom. The number of ether oxygens (including phenoxy) is 1. The molecule has 0 aliphatic carbocycles. The highest BCUT2D eigenvalue weighted by Gasteiger charge is 2.41. The number of nitrogens with zero attached hydrogens (tertiary/aromatic N) is 2. The fourth-order valence-electron chi connectivity index (χ4n) is 2.47. The third kappa shape index (κ3) is 3.79. The summed E-state index contributed by atoms with van der Waals surface area (Å²) in [5, 5.41) is 9.25. The highest BCUT2D eigenvalue weighted by Crippen LogP contribution is 2.23. The lowest BCUT2D eigenvalue weighted by atomic mass is 10.2. The van der Waals surface area contributed by atoms with Crippen LogP contribution in [0.5, 0.6) is 0 Å². The number of aliphatic carboxylic acids is 1. The van der Waals surface area contributed by atoms with Gasteiger partial charge in [-0.25, -0.2) is 9.59 Å². The van der Waals surface area contributed by atoms with E-state index in [0.29, 0.717) is 13.0 Å². The molecule has 0 aromatic heterocycles. The van der Waals surface area contributed by atoms with Gasteiger partial charge in [-0.05, 0) is 12.7 Å². The Kier molecular flexibility index (Phi) is 6.61. The van der Waals surface area contributed by atoms with Gasteiger partial charge in [-0.15, -0.1) is 0 Å². The van der Waals surface area contributed by atoms with Crippen molar-refractivity contribution in [2.45, 2.75) is 38.0 Å². The van der Waals surface area contributed by atoms with Gasteiger partial charge in [0.15, 0.2) is 0 Å². The van der Waals surface area contributed by atoms with Gasteiger partial charge in [0.05, 0.1) is 6.10 Å². The van der Waals surface area contributed by atoms with Crippen LogP contribution in [0.3, 0.4) is 0 Å². The zero-order valence-electron chi connectivity index (χ0n) is 12.5. The van der Waals surface area contributed by atoms with Gasteiger partial charge >= 0.3 is 12.0 Å². The predicted octanol–water partition coefficient (Wildman–Crippen LogP) is 1.35. The fourth-order valence-corrected chi connectivity index (χ4v) is 3.31. The number of carbonyl (C=O) groups is 2. The van der Waals surface area contributed by atoms with Crippen molar-refractivity contribution in [3.8, 4) is 0 Å². The number of methoxy groups -OCH3 is 1. The molecule has 6 nitrogen and oxygen atoms in total. The first-order valence-electron chi connectivity index (χ1n) is 6.74. The molecule has 0 aromatic rings. The number of carbonyl (C=O) groups excluding carboxylic acids is 1. The van der Waals surface area contributed by atoms with Gasteiger partial charge in [-0.2, -0.15) is 11.8 Å². The van der Waals surface area contributed by atoms with Crippen molar-refractivity contribution < 1.29 is 19.4 Å². The first kappa shape index (κ1) is 17.1. The smallest absolute Gasteiger partial charge is 0.326 e. The van der Waals surface area contributed by atoms with Crippen molar-refractivity contribution in [1.29, 1.82) is 0 Å². The number of thioether (sulfide) groups is 1. The van der Waals surface area contributed by atoms with E-state index in [1.165, 1.54) is 4.90 Å². The Morgan fingerprint density at radius 2 is 2.20 bits per heavy atom. The Morgan fingerprint density at radius 3 is 2.65 bits per heavy atom. The van der Waals surface area contributed by atoms with E-state index in [0.717, 1.165) is 12.2 Å². The summed E-state index contributed by atoms with van der Waals surface area (Å²) >= 11 is 1.68. The normalized spacial score (nSPS) is 23.7. The number of hydrogen-bond acceptors (Lipinski definition) is 4. The lowest BCUT2D eigenvalue weighted by molar-refractivity contribution is -0.141. The van der Waals surface area contributed by atoms with Crippen molar-refractivity contribution in [2.75, 3.05) is 32.7 Å². The van der Waals surface area contributed by atoms with Gasteiger partial charge in [-0.3, -0.25) is 0 Å². The SMILES string of the molecule is CCC(CSC)N(C)C(=O)N1CC(OC)CC1C(=O)O. The zero-order valence-corrected chi connectivity index (χ0v) is 13.4. The minimum absolute atomic E-state index is 0.119. The summed E-state index contributed by atoms with van der Waals surface area (Å²) in [7, 11) is 3.29. The molecule has 1 aliphatic rings.